The number of fused-ring (bicyclic) bond motifs is 1. The summed E-state index contributed by atoms with van der Waals surface area (Å²) in [5.41, 5.74) is 2.59. The van der Waals surface area contributed by atoms with E-state index < -0.39 is 17.8 Å². The van der Waals surface area contributed by atoms with Gasteiger partial charge in [0, 0.05) is 5.69 Å². The molecule has 0 aliphatic carbocycles. The first-order valence-corrected chi connectivity index (χ1v) is 10.1. The molecule has 1 aromatic heterocycles. The first-order valence-electron chi connectivity index (χ1n) is 10.1. The number of hydrogen-bond acceptors (Lipinski definition) is 5. The molecule has 1 atom stereocenters. The van der Waals surface area contributed by atoms with E-state index in [4.69, 9.17) is 9.15 Å². The van der Waals surface area contributed by atoms with Crippen molar-refractivity contribution in [3.63, 3.8) is 0 Å². The van der Waals surface area contributed by atoms with Gasteiger partial charge >= 0.3 is 11.7 Å². The monoisotopic (exact) mass is 430 g/mol. The molecule has 7 nitrogen and oxygen atoms in total. The highest BCUT2D eigenvalue weighted by atomic mass is 16.5. The zero-order chi connectivity index (χ0) is 22.7. The Balaban J connectivity index is 1.73. The third kappa shape index (κ3) is 4.05. The fourth-order valence-electron chi connectivity index (χ4n) is 3.65. The van der Waals surface area contributed by atoms with Gasteiger partial charge in [-0.1, -0.05) is 48.5 Å². The summed E-state index contributed by atoms with van der Waals surface area (Å²) in [6, 6.07) is 22.7. The van der Waals surface area contributed by atoms with Gasteiger partial charge in [0.15, 0.2) is 5.58 Å². The Morgan fingerprint density at radius 2 is 1.66 bits per heavy atom. The van der Waals surface area contributed by atoms with Crippen molar-refractivity contribution in [2.45, 2.75) is 19.5 Å². The van der Waals surface area contributed by atoms with E-state index in [1.807, 2.05) is 60.7 Å². The quantitative estimate of drug-likeness (QED) is 0.429. The maximum atomic E-state index is 13.6. The summed E-state index contributed by atoms with van der Waals surface area (Å²) in [7, 11) is 1.28. The molecular formula is C25H22N2O5. The van der Waals surface area contributed by atoms with Crippen molar-refractivity contribution in [2.75, 3.05) is 12.0 Å². The predicted octanol–water partition coefficient (Wildman–Crippen LogP) is 4.18. The van der Waals surface area contributed by atoms with E-state index in [-0.39, 0.29) is 17.1 Å². The normalized spacial score (nSPS) is 11.8. The van der Waals surface area contributed by atoms with E-state index in [1.165, 1.54) is 23.8 Å². The highest BCUT2D eigenvalue weighted by Crippen LogP contribution is 2.24. The molecule has 0 bridgehead atoms. The molecule has 0 saturated carbocycles. The topological polar surface area (TPSA) is 81.7 Å². The van der Waals surface area contributed by atoms with Crippen LogP contribution in [0.1, 0.15) is 28.9 Å². The molecule has 162 valence electrons. The number of methoxy groups -OCH3 is 1. The van der Waals surface area contributed by atoms with Gasteiger partial charge in [0.1, 0.15) is 6.04 Å². The molecule has 0 saturated heterocycles. The summed E-state index contributed by atoms with van der Waals surface area (Å²) >= 11 is 0. The Labute approximate surface area is 184 Å². The standard InChI is InChI=1S/C25H22N2O5/c1-17(27-21-14-13-19(24(29)31-2)15-22(21)32-25(27)30)23(28)26(20-11-7-4-8-12-20)16-18-9-5-3-6-10-18/h3-15,17H,16H2,1-2H3. The summed E-state index contributed by atoms with van der Waals surface area (Å²) in [5.74, 6) is -1.47. The van der Waals surface area contributed by atoms with Gasteiger partial charge < -0.3 is 14.1 Å². The van der Waals surface area contributed by atoms with Crippen LogP contribution in [0.2, 0.25) is 0 Å². The second-order valence-electron chi connectivity index (χ2n) is 7.33. The number of esters is 1. The number of amides is 1. The number of aromatic nitrogens is 1. The molecule has 0 aliphatic heterocycles. The number of benzene rings is 3. The summed E-state index contributed by atoms with van der Waals surface area (Å²) < 4.78 is 11.4. The van der Waals surface area contributed by atoms with Gasteiger partial charge in [0.25, 0.3) is 0 Å². The van der Waals surface area contributed by atoms with E-state index in [1.54, 1.807) is 17.9 Å². The van der Waals surface area contributed by atoms with Gasteiger partial charge in [-0.05, 0) is 42.8 Å². The van der Waals surface area contributed by atoms with Crippen LogP contribution in [-0.4, -0.2) is 23.6 Å². The number of rotatable bonds is 6. The van der Waals surface area contributed by atoms with Crippen LogP contribution in [0, 0.1) is 0 Å². The molecular weight excluding hydrogens is 408 g/mol. The van der Waals surface area contributed by atoms with Gasteiger partial charge in [0.05, 0.1) is 24.7 Å². The highest BCUT2D eigenvalue weighted by Gasteiger charge is 2.27. The van der Waals surface area contributed by atoms with Gasteiger partial charge in [0.2, 0.25) is 5.91 Å². The van der Waals surface area contributed by atoms with Gasteiger partial charge in [-0.25, -0.2) is 9.59 Å². The lowest BCUT2D eigenvalue weighted by atomic mass is 10.1. The van der Waals surface area contributed by atoms with Crippen LogP contribution >= 0.6 is 0 Å². The third-order valence-corrected chi connectivity index (χ3v) is 5.30. The van der Waals surface area contributed by atoms with Crippen LogP contribution in [0.3, 0.4) is 0 Å². The zero-order valence-corrected chi connectivity index (χ0v) is 17.7. The van der Waals surface area contributed by atoms with Crippen LogP contribution in [-0.2, 0) is 16.1 Å². The van der Waals surface area contributed by atoms with Crippen molar-refractivity contribution in [2.24, 2.45) is 0 Å². The number of carbonyl (C=O) groups is 2. The predicted molar refractivity (Wildman–Crippen MR) is 121 cm³/mol. The van der Waals surface area contributed by atoms with Gasteiger partial charge in [-0.2, -0.15) is 0 Å². The summed E-state index contributed by atoms with van der Waals surface area (Å²) in [5, 5.41) is 0. The molecule has 0 spiro atoms. The Kier molecular flexibility index (Phi) is 5.89. The first-order chi connectivity index (χ1) is 15.5. The molecule has 0 radical (unpaired) electrons. The number of ether oxygens (including phenoxy) is 1. The van der Waals surface area contributed by atoms with Crippen molar-refractivity contribution in [3.05, 3.63) is 101 Å². The van der Waals surface area contributed by atoms with E-state index in [9.17, 15) is 14.4 Å². The van der Waals surface area contributed by atoms with Crippen LogP contribution in [0.4, 0.5) is 5.69 Å². The highest BCUT2D eigenvalue weighted by molar-refractivity contribution is 5.97. The summed E-state index contributed by atoms with van der Waals surface area (Å²) in [6.07, 6.45) is 0. The molecule has 32 heavy (non-hydrogen) atoms. The molecule has 4 rings (SSSR count). The number of anilines is 1. The molecule has 1 amide bonds. The largest absolute Gasteiger partial charge is 0.465 e. The minimum atomic E-state index is -0.836. The molecule has 0 aliphatic rings. The lowest BCUT2D eigenvalue weighted by Crippen LogP contribution is -2.38. The molecule has 0 fully saturated rings. The number of hydrogen-bond donors (Lipinski definition) is 0. The zero-order valence-electron chi connectivity index (χ0n) is 17.7. The lowest BCUT2D eigenvalue weighted by molar-refractivity contribution is -0.121. The van der Waals surface area contributed by atoms with Crippen molar-refractivity contribution in [3.8, 4) is 0 Å². The first kappa shape index (κ1) is 21.1. The second kappa shape index (κ2) is 8.93. The van der Waals surface area contributed by atoms with Crippen LogP contribution in [0.25, 0.3) is 11.1 Å². The number of para-hydroxylation sites is 1. The average molecular weight is 430 g/mol. The lowest BCUT2D eigenvalue weighted by Gasteiger charge is -2.26. The molecule has 7 heteroatoms. The third-order valence-electron chi connectivity index (χ3n) is 5.30. The van der Waals surface area contributed by atoms with E-state index in [0.717, 1.165) is 11.3 Å². The Bertz CT molecular complexity index is 1310. The van der Waals surface area contributed by atoms with Crippen LogP contribution < -0.4 is 10.7 Å². The fraction of sp³-hybridized carbons (Fsp3) is 0.160. The Hall–Kier alpha value is -4.13. The maximum absolute atomic E-state index is 13.6. The Morgan fingerprint density at radius 1 is 1.00 bits per heavy atom. The minimum Gasteiger partial charge on any atom is -0.465 e. The van der Waals surface area contributed by atoms with Gasteiger partial charge in [-0.3, -0.25) is 9.36 Å². The minimum absolute atomic E-state index is 0.215. The number of oxazole rings is 1. The molecule has 0 N–H and O–H groups in total. The molecule has 1 unspecified atom stereocenters. The smallest absolute Gasteiger partial charge is 0.420 e. The van der Waals surface area contributed by atoms with Crippen LogP contribution in [0.5, 0.6) is 0 Å². The number of nitrogens with zero attached hydrogens (tertiary/aromatic N) is 2. The molecule has 3 aromatic carbocycles. The SMILES string of the molecule is COC(=O)c1ccc2c(c1)oc(=O)n2C(C)C(=O)N(Cc1ccccc1)c1ccccc1. The fourth-order valence-corrected chi connectivity index (χ4v) is 3.65. The number of carbonyl (C=O) groups excluding carboxylic acids is 2. The van der Waals surface area contributed by atoms with Crippen molar-refractivity contribution >= 4 is 28.7 Å². The van der Waals surface area contributed by atoms with E-state index >= 15 is 0 Å². The van der Waals surface area contributed by atoms with Crippen molar-refractivity contribution < 1.29 is 18.7 Å². The van der Waals surface area contributed by atoms with E-state index in [2.05, 4.69) is 0 Å². The second-order valence-corrected chi connectivity index (χ2v) is 7.33. The molecule has 4 aromatic rings. The molecule has 1 heterocycles. The maximum Gasteiger partial charge on any atom is 0.420 e. The summed E-state index contributed by atoms with van der Waals surface area (Å²) in [4.78, 5) is 39.7. The van der Waals surface area contributed by atoms with Crippen molar-refractivity contribution in [1.29, 1.82) is 0 Å². The van der Waals surface area contributed by atoms with Gasteiger partial charge in [-0.15, -0.1) is 0 Å². The average Bonchev–Trinajstić information content (AvgIpc) is 3.17. The van der Waals surface area contributed by atoms with Crippen molar-refractivity contribution in [1.82, 2.24) is 4.57 Å². The van der Waals surface area contributed by atoms with Crippen LogP contribution in [0.15, 0.2) is 88.1 Å². The van der Waals surface area contributed by atoms with E-state index in [0.29, 0.717) is 12.1 Å². The summed E-state index contributed by atoms with van der Waals surface area (Å²) in [6.45, 7) is 2.01. The Morgan fingerprint density at radius 3 is 2.31 bits per heavy atom.